The molecule has 1 amide bonds. The Bertz CT molecular complexity index is 841. The summed E-state index contributed by atoms with van der Waals surface area (Å²) in [5.74, 6) is 0.598. The van der Waals surface area contributed by atoms with Crippen molar-refractivity contribution >= 4 is 23.6 Å². The molecule has 7 heteroatoms. The van der Waals surface area contributed by atoms with E-state index in [1.54, 1.807) is 6.20 Å². The number of thioether (sulfide) groups is 1. The van der Waals surface area contributed by atoms with Gasteiger partial charge in [-0.2, -0.15) is 0 Å². The summed E-state index contributed by atoms with van der Waals surface area (Å²) in [5, 5.41) is 0.813. The van der Waals surface area contributed by atoms with Crippen LogP contribution in [0.1, 0.15) is 45.1 Å². The summed E-state index contributed by atoms with van der Waals surface area (Å²) in [7, 11) is 0. The van der Waals surface area contributed by atoms with Crippen LogP contribution in [-0.2, 0) is 14.3 Å². The van der Waals surface area contributed by atoms with Crippen molar-refractivity contribution in [3.8, 4) is 5.69 Å². The zero-order valence-corrected chi connectivity index (χ0v) is 18.2. The molecular weight excluding hydrogens is 386 g/mol. The van der Waals surface area contributed by atoms with E-state index in [0.29, 0.717) is 44.2 Å². The van der Waals surface area contributed by atoms with E-state index < -0.39 is 0 Å². The Morgan fingerprint density at radius 1 is 1.24 bits per heavy atom. The van der Waals surface area contributed by atoms with Crippen LogP contribution in [0.15, 0.2) is 41.8 Å². The molecule has 3 rings (SSSR count). The number of rotatable bonds is 7. The maximum absolute atomic E-state index is 12.7. The third kappa shape index (κ3) is 5.21. The molecule has 0 unspecified atom stereocenters. The van der Waals surface area contributed by atoms with Gasteiger partial charge in [-0.15, -0.1) is 0 Å². The maximum atomic E-state index is 12.7. The highest BCUT2D eigenvalue weighted by atomic mass is 32.2. The summed E-state index contributed by atoms with van der Waals surface area (Å²) in [6.07, 6.45) is 5.06. The molecule has 2 heterocycles. The number of likely N-dealkylation sites (tertiary alicyclic amines) is 1. The molecule has 1 aromatic heterocycles. The zero-order valence-electron chi connectivity index (χ0n) is 17.3. The van der Waals surface area contributed by atoms with E-state index in [1.165, 1.54) is 17.3 Å². The molecule has 0 radical (unpaired) electrons. The SMILES string of the molecule is CCOC(=O)C1CCN(C(=O)CSc2nccn2-c2ccccc2C(C)C)CC1. The smallest absolute Gasteiger partial charge is 0.309 e. The molecule has 0 saturated carbocycles. The Kier molecular flexibility index (Phi) is 7.36. The summed E-state index contributed by atoms with van der Waals surface area (Å²) < 4.78 is 7.15. The van der Waals surface area contributed by atoms with E-state index in [2.05, 4.69) is 35.5 Å². The lowest BCUT2D eigenvalue weighted by Gasteiger charge is -2.30. The van der Waals surface area contributed by atoms with Gasteiger partial charge in [0.2, 0.25) is 5.91 Å². The first-order valence-electron chi connectivity index (χ1n) is 10.2. The summed E-state index contributed by atoms with van der Waals surface area (Å²) in [6.45, 7) is 7.78. The minimum Gasteiger partial charge on any atom is -0.466 e. The number of nitrogens with zero attached hydrogens (tertiary/aromatic N) is 3. The van der Waals surface area contributed by atoms with Crippen LogP contribution in [0.5, 0.6) is 0 Å². The Labute approximate surface area is 176 Å². The van der Waals surface area contributed by atoms with E-state index in [4.69, 9.17) is 4.74 Å². The molecule has 156 valence electrons. The lowest BCUT2D eigenvalue weighted by molar-refractivity contribution is -0.151. The van der Waals surface area contributed by atoms with Gasteiger partial charge >= 0.3 is 5.97 Å². The van der Waals surface area contributed by atoms with Crippen LogP contribution in [0.2, 0.25) is 0 Å². The predicted molar refractivity (Wildman–Crippen MR) is 114 cm³/mol. The normalized spacial score (nSPS) is 15.0. The molecule has 1 aliphatic rings. The highest BCUT2D eigenvalue weighted by Gasteiger charge is 2.28. The summed E-state index contributed by atoms with van der Waals surface area (Å²) in [4.78, 5) is 30.8. The van der Waals surface area contributed by atoms with Crippen molar-refractivity contribution in [1.29, 1.82) is 0 Å². The topological polar surface area (TPSA) is 64.4 Å². The van der Waals surface area contributed by atoms with Gasteiger partial charge in [0, 0.05) is 25.5 Å². The zero-order chi connectivity index (χ0) is 20.8. The molecule has 1 saturated heterocycles. The Hall–Kier alpha value is -2.28. The fourth-order valence-corrected chi connectivity index (χ4v) is 4.49. The number of esters is 1. The molecule has 1 aliphatic heterocycles. The molecular formula is C22H29N3O3S. The van der Waals surface area contributed by atoms with Crippen LogP contribution in [0, 0.1) is 5.92 Å². The van der Waals surface area contributed by atoms with Crippen molar-refractivity contribution in [3.63, 3.8) is 0 Å². The van der Waals surface area contributed by atoms with E-state index in [1.807, 2.05) is 30.2 Å². The molecule has 1 fully saturated rings. The molecule has 1 aromatic carbocycles. The van der Waals surface area contributed by atoms with Gasteiger partial charge < -0.3 is 9.64 Å². The van der Waals surface area contributed by atoms with Gasteiger partial charge in [-0.05, 0) is 37.3 Å². The monoisotopic (exact) mass is 415 g/mol. The highest BCUT2D eigenvalue weighted by molar-refractivity contribution is 7.99. The van der Waals surface area contributed by atoms with Crippen molar-refractivity contribution < 1.29 is 14.3 Å². The standard InChI is InChI=1S/C22H29N3O3S/c1-4-28-21(27)17-9-12-24(13-10-17)20(26)15-29-22-23-11-14-25(22)19-8-6-5-7-18(19)16(2)3/h5-8,11,14,16-17H,4,9-10,12-13,15H2,1-3H3. The van der Waals surface area contributed by atoms with E-state index in [-0.39, 0.29) is 17.8 Å². The average molecular weight is 416 g/mol. The van der Waals surface area contributed by atoms with E-state index in [0.717, 1.165) is 10.8 Å². The molecule has 6 nitrogen and oxygen atoms in total. The van der Waals surface area contributed by atoms with Crippen molar-refractivity contribution in [1.82, 2.24) is 14.5 Å². The second-order valence-electron chi connectivity index (χ2n) is 7.49. The fourth-order valence-electron chi connectivity index (χ4n) is 3.62. The number of ether oxygens (including phenoxy) is 1. The number of piperidine rings is 1. The maximum Gasteiger partial charge on any atom is 0.309 e. The number of carbonyl (C=O) groups is 2. The molecule has 29 heavy (non-hydrogen) atoms. The average Bonchev–Trinajstić information content (AvgIpc) is 3.20. The number of hydrogen-bond acceptors (Lipinski definition) is 5. The number of carbonyl (C=O) groups excluding carboxylic acids is 2. The van der Waals surface area contributed by atoms with E-state index in [9.17, 15) is 9.59 Å². The number of hydrogen-bond donors (Lipinski definition) is 0. The summed E-state index contributed by atoms with van der Waals surface area (Å²) in [5.41, 5.74) is 2.35. The largest absolute Gasteiger partial charge is 0.466 e. The molecule has 0 spiro atoms. The summed E-state index contributed by atoms with van der Waals surface area (Å²) >= 11 is 1.45. The van der Waals surface area contributed by atoms with Gasteiger partial charge in [-0.25, -0.2) is 4.98 Å². The lowest BCUT2D eigenvalue weighted by Crippen LogP contribution is -2.41. The van der Waals surface area contributed by atoms with E-state index >= 15 is 0 Å². The number of amides is 1. The molecule has 0 bridgehead atoms. The van der Waals surface area contributed by atoms with Gasteiger partial charge in [0.15, 0.2) is 5.16 Å². The summed E-state index contributed by atoms with van der Waals surface area (Å²) in [6, 6.07) is 8.29. The number of aromatic nitrogens is 2. The molecule has 0 aliphatic carbocycles. The first-order valence-corrected chi connectivity index (χ1v) is 11.2. The van der Waals surface area contributed by atoms with Crippen LogP contribution < -0.4 is 0 Å². The Morgan fingerprint density at radius 3 is 2.66 bits per heavy atom. The number of imidazole rings is 1. The minimum absolute atomic E-state index is 0.0851. The highest BCUT2D eigenvalue weighted by Crippen LogP contribution is 2.27. The molecule has 0 atom stereocenters. The van der Waals surface area contributed by atoms with Crippen molar-refractivity contribution in [2.45, 2.75) is 44.7 Å². The number of benzene rings is 1. The first kappa shape index (κ1) is 21.4. The van der Waals surface area contributed by atoms with Crippen LogP contribution in [0.4, 0.5) is 0 Å². The number of para-hydroxylation sites is 1. The second-order valence-corrected chi connectivity index (χ2v) is 8.43. The predicted octanol–water partition coefficient (Wildman–Crippen LogP) is 3.89. The third-order valence-electron chi connectivity index (χ3n) is 5.22. The third-order valence-corrected chi connectivity index (χ3v) is 6.17. The van der Waals surface area contributed by atoms with Gasteiger partial charge in [-0.3, -0.25) is 14.2 Å². The Morgan fingerprint density at radius 2 is 1.97 bits per heavy atom. The van der Waals surface area contributed by atoms with Crippen LogP contribution in [0.3, 0.4) is 0 Å². The molecule has 2 aromatic rings. The van der Waals surface area contributed by atoms with Gasteiger partial charge in [0.25, 0.3) is 0 Å². The fraction of sp³-hybridized carbons (Fsp3) is 0.500. The van der Waals surface area contributed by atoms with Crippen molar-refractivity contribution in [2.75, 3.05) is 25.4 Å². The van der Waals surface area contributed by atoms with Gasteiger partial charge in [0.05, 0.1) is 24.0 Å². The Balaban J connectivity index is 1.59. The molecule has 0 N–H and O–H groups in total. The van der Waals surface area contributed by atoms with Crippen molar-refractivity contribution in [2.24, 2.45) is 5.92 Å². The van der Waals surface area contributed by atoms with Crippen LogP contribution in [-0.4, -0.2) is 51.8 Å². The van der Waals surface area contributed by atoms with Gasteiger partial charge in [-0.1, -0.05) is 43.8 Å². The van der Waals surface area contributed by atoms with Crippen LogP contribution >= 0.6 is 11.8 Å². The van der Waals surface area contributed by atoms with Crippen molar-refractivity contribution in [3.05, 3.63) is 42.2 Å². The lowest BCUT2D eigenvalue weighted by atomic mass is 9.97. The van der Waals surface area contributed by atoms with Crippen LogP contribution in [0.25, 0.3) is 5.69 Å². The first-order chi connectivity index (χ1) is 14.0. The quantitative estimate of drug-likeness (QED) is 0.507. The second kappa shape index (κ2) is 9.96. The minimum atomic E-state index is -0.139. The van der Waals surface area contributed by atoms with Gasteiger partial charge in [0.1, 0.15) is 0 Å².